The number of rotatable bonds is 2. The summed E-state index contributed by atoms with van der Waals surface area (Å²) in [5, 5.41) is 0. The number of hydrogen-bond acceptors (Lipinski definition) is 1. The highest BCUT2D eigenvalue weighted by atomic mass is 19.3. The molecule has 0 spiro atoms. The van der Waals surface area contributed by atoms with Crippen molar-refractivity contribution in [3.8, 4) is 0 Å². The standard InChI is InChI=1S/C9H10F2O/c1-7-3-2-4-8(6-5-7)12-9(10)11/h2-6,8-9H,1H3. The summed E-state index contributed by atoms with van der Waals surface area (Å²) in [5.74, 6) is 0. The number of hydrogen-bond donors (Lipinski definition) is 0. The third-order valence-corrected chi connectivity index (χ3v) is 1.47. The fourth-order valence-electron chi connectivity index (χ4n) is 0.893. The largest absolute Gasteiger partial charge is 0.346 e. The van der Waals surface area contributed by atoms with Gasteiger partial charge in [0.15, 0.2) is 0 Å². The molecule has 0 bridgehead atoms. The lowest BCUT2D eigenvalue weighted by molar-refractivity contribution is -0.138. The van der Waals surface area contributed by atoms with E-state index in [-0.39, 0.29) is 0 Å². The van der Waals surface area contributed by atoms with Crippen molar-refractivity contribution in [2.75, 3.05) is 0 Å². The molecule has 0 N–H and O–H groups in total. The average molecular weight is 172 g/mol. The number of alkyl halides is 2. The first kappa shape index (κ1) is 9.13. The Kier molecular flexibility index (Phi) is 3.17. The molecule has 0 aromatic rings. The van der Waals surface area contributed by atoms with Gasteiger partial charge in [-0.1, -0.05) is 36.0 Å². The molecule has 1 rings (SSSR count). The first-order valence-corrected chi connectivity index (χ1v) is 3.65. The van der Waals surface area contributed by atoms with E-state index >= 15 is 0 Å². The minimum absolute atomic E-state index is 0.612. The number of allylic oxidation sites excluding steroid dienone is 4. The zero-order valence-electron chi connectivity index (χ0n) is 6.71. The SMILES string of the molecule is CC1=CC=CC(OC(F)F)C=C1. The molecule has 0 amide bonds. The summed E-state index contributed by atoms with van der Waals surface area (Å²) in [5.41, 5.74) is 1.02. The Morgan fingerprint density at radius 1 is 1.42 bits per heavy atom. The maximum Gasteiger partial charge on any atom is 0.346 e. The molecule has 1 aliphatic rings. The molecular formula is C9H10F2O. The molecule has 12 heavy (non-hydrogen) atoms. The van der Waals surface area contributed by atoms with Crippen LogP contribution in [-0.2, 0) is 4.74 Å². The van der Waals surface area contributed by atoms with Gasteiger partial charge in [-0.05, 0) is 6.92 Å². The second-order valence-electron chi connectivity index (χ2n) is 2.52. The second-order valence-corrected chi connectivity index (χ2v) is 2.52. The van der Waals surface area contributed by atoms with Gasteiger partial charge >= 0.3 is 6.61 Å². The van der Waals surface area contributed by atoms with Crippen LogP contribution in [-0.4, -0.2) is 12.7 Å². The van der Waals surface area contributed by atoms with E-state index in [1.807, 2.05) is 13.0 Å². The molecule has 0 aromatic heterocycles. The van der Waals surface area contributed by atoms with E-state index in [0.717, 1.165) is 5.57 Å². The molecule has 0 aliphatic heterocycles. The average Bonchev–Trinajstić information content (AvgIpc) is 2.15. The van der Waals surface area contributed by atoms with Gasteiger partial charge < -0.3 is 4.74 Å². The Balaban J connectivity index is 2.55. The Labute approximate surface area is 70.0 Å². The van der Waals surface area contributed by atoms with Crippen LogP contribution in [0.15, 0.2) is 36.0 Å². The fourth-order valence-corrected chi connectivity index (χ4v) is 0.893. The second kappa shape index (κ2) is 4.16. The van der Waals surface area contributed by atoms with Crippen molar-refractivity contribution in [2.45, 2.75) is 19.6 Å². The molecule has 0 heterocycles. The molecule has 0 fully saturated rings. The van der Waals surface area contributed by atoms with Crippen LogP contribution < -0.4 is 0 Å². The van der Waals surface area contributed by atoms with Crippen LogP contribution >= 0.6 is 0 Å². The van der Waals surface area contributed by atoms with E-state index in [4.69, 9.17) is 0 Å². The summed E-state index contributed by atoms with van der Waals surface area (Å²) in [4.78, 5) is 0. The van der Waals surface area contributed by atoms with Gasteiger partial charge in [-0.2, -0.15) is 8.78 Å². The van der Waals surface area contributed by atoms with Crippen LogP contribution in [0.25, 0.3) is 0 Å². The normalized spacial score (nSPS) is 22.7. The van der Waals surface area contributed by atoms with Crippen molar-refractivity contribution in [3.05, 3.63) is 36.0 Å². The van der Waals surface area contributed by atoms with Gasteiger partial charge in [0.25, 0.3) is 0 Å². The topological polar surface area (TPSA) is 9.23 Å². The maximum absolute atomic E-state index is 11.7. The summed E-state index contributed by atoms with van der Waals surface area (Å²) in [7, 11) is 0. The molecule has 1 unspecified atom stereocenters. The van der Waals surface area contributed by atoms with Crippen LogP contribution in [0.5, 0.6) is 0 Å². The van der Waals surface area contributed by atoms with Crippen LogP contribution in [0, 0.1) is 0 Å². The first-order chi connectivity index (χ1) is 5.68. The molecular weight excluding hydrogens is 162 g/mol. The zero-order valence-corrected chi connectivity index (χ0v) is 6.71. The monoisotopic (exact) mass is 172 g/mol. The molecule has 1 atom stereocenters. The minimum Gasteiger partial charge on any atom is -0.311 e. The van der Waals surface area contributed by atoms with E-state index in [1.165, 1.54) is 0 Å². The Morgan fingerprint density at radius 2 is 2.17 bits per heavy atom. The molecule has 0 saturated heterocycles. The predicted molar refractivity (Wildman–Crippen MR) is 42.9 cm³/mol. The van der Waals surface area contributed by atoms with Gasteiger partial charge in [0.1, 0.15) is 6.10 Å². The first-order valence-electron chi connectivity index (χ1n) is 3.65. The third kappa shape index (κ3) is 2.96. The van der Waals surface area contributed by atoms with E-state index in [9.17, 15) is 8.78 Å². The Morgan fingerprint density at radius 3 is 2.83 bits per heavy atom. The van der Waals surface area contributed by atoms with Crippen LogP contribution in [0.1, 0.15) is 6.92 Å². The molecule has 0 radical (unpaired) electrons. The highest BCUT2D eigenvalue weighted by Gasteiger charge is 2.08. The fraction of sp³-hybridized carbons (Fsp3) is 0.333. The molecule has 1 nitrogen and oxygen atoms in total. The Bertz CT molecular complexity index is 229. The lowest BCUT2D eigenvalue weighted by Gasteiger charge is -2.06. The van der Waals surface area contributed by atoms with Crippen molar-refractivity contribution in [3.63, 3.8) is 0 Å². The Hall–Kier alpha value is -0.960. The van der Waals surface area contributed by atoms with Crippen LogP contribution in [0.2, 0.25) is 0 Å². The summed E-state index contributed by atoms with van der Waals surface area (Å²) >= 11 is 0. The van der Waals surface area contributed by atoms with Crippen LogP contribution in [0.4, 0.5) is 8.78 Å². The van der Waals surface area contributed by atoms with Gasteiger partial charge in [0.2, 0.25) is 0 Å². The highest BCUT2D eigenvalue weighted by molar-refractivity contribution is 5.27. The van der Waals surface area contributed by atoms with Crippen molar-refractivity contribution in [1.29, 1.82) is 0 Å². The van der Waals surface area contributed by atoms with E-state index in [0.29, 0.717) is 0 Å². The summed E-state index contributed by atoms with van der Waals surface area (Å²) < 4.78 is 27.8. The molecule has 3 heteroatoms. The van der Waals surface area contributed by atoms with Gasteiger partial charge in [0, 0.05) is 0 Å². The van der Waals surface area contributed by atoms with Crippen molar-refractivity contribution in [1.82, 2.24) is 0 Å². The van der Waals surface area contributed by atoms with E-state index < -0.39 is 12.7 Å². The van der Waals surface area contributed by atoms with Gasteiger partial charge in [-0.15, -0.1) is 0 Å². The van der Waals surface area contributed by atoms with Gasteiger partial charge in [0.05, 0.1) is 0 Å². The predicted octanol–water partition coefficient (Wildman–Crippen LogP) is 2.67. The molecule has 1 aliphatic carbocycles. The number of ether oxygens (including phenoxy) is 1. The lowest BCUT2D eigenvalue weighted by Crippen LogP contribution is -2.10. The minimum atomic E-state index is -2.72. The summed E-state index contributed by atoms with van der Waals surface area (Å²) in [6, 6.07) is 0. The smallest absolute Gasteiger partial charge is 0.311 e. The lowest BCUT2D eigenvalue weighted by atomic mass is 10.2. The summed E-state index contributed by atoms with van der Waals surface area (Å²) in [6.45, 7) is -0.825. The zero-order chi connectivity index (χ0) is 8.97. The summed E-state index contributed by atoms with van der Waals surface area (Å²) in [6.07, 6.45) is 7.88. The molecule has 66 valence electrons. The van der Waals surface area contributed by atoms with Crippen molar-refractivity contribution < 1.29 is 13.5 Å². The van der Waals surface area contributed by atoms with E-state index in [1.54, 1.807) is 24.3 Å². The van der Waals surface area contributed by atoms with Gasteiger partial charge in [-0.25, -0.2) is 0 Å². The van der Waals surface area contributed by atoms with Crippen molar-refractivity contribution in [2.24, 2.45) is 0 Å². The molecule has 0 saturated carbocycles. The van der Waals surface area contributed by atoms with Crippen LogP contribution in [0.3, 0.4) is 0 Å². The third-order valence-electron chi connectivity index (χ3n) is 1.47. The number of halogens is 2. The van der Waals surface area contributed by atoms with Gasteiger partial charge in [-0.3, -0.25) is 0 Å². The highest BCUT2D eigenvalue weighted by Crippen LogP contribution is 2.09. The quantitative estimate of drug-likeness (QED) is 0.622. The maximum atomic E-state index is 11.7. The van der Waals surface area contributed by atoms with E-state index in [2.05, 4.69) is 4.74 Å². The van der Waals surface area contributed by atoms with Crippen molar-refractivity contribution >= 4 is 0 Å². The molecule has 0 aromatic carbocycles.